The molecule has 0 aromatic heterocycles. The van der Waals surface area contributed by atoms with E-state index in [1.165, 1.54) is 11.1 Å². The number of nitrogens with one attached hydrogen (secondary N) is 2. The van der Waals surface area contributed by atoms with E-state index in [0.29, 0.717) is 13.1 Å². The van der Waals surface area contributed by atoms with E-state index in [1.54, 1.807) is 0 Å². The van der Waals surface area contributed by atoms with Crippen LogP contribution >= 0.6 is 24.8 Å². The molecule has 138 valence electrons. The van der Waals surface area contributed by atoms with E-state index in [2.05, 4.69) is 60.6 Å². The number of hydrogen-bond acceptors (Lipinski definition) is 3. The number of rotatable bonds is 5. The first-order valence-electron chi connectivity index (χ1n) is 8.24. The van der Waals surface area contributed by atoms with Crippen LogP contribution in [0.15, 0.2) is 24.3 Å². The average Bonchev–Trinajstić information content (AvgIpc) is 2.48. The van der Waals surface area contributed by atoms with Gasteiger partial charge in [-0.2, -0.15) is 0 Å². The lowest BCUT2D eigenvalue weighted by molar-refractivity contribution is -0.122. The van der Waals surface area contributed by atoms with Crippen molar-refractivity contribution in [1.82, 2.24) is 15.5 Å². The third-order valence-corrected chi connectivity index (χ3v) is 4.13. The summed E-state index contributed by atoms with van der Waals surface area (Å²) in [6.07, 6.45) is 0.887. The number of halogens is 2. The van der Waals surface area contributed by atoms with E-state index in [1.807, 2.05) is 0 Å². The predicted octanol–water partition coefficient (Wildman–Crippen LogP) is 2.39. The summed E-state index contributed by atoms with van der Waals surface area (Å²) in [6, 6.07) is 8.72. The summed E-state index contributed by atoms with van der Waals surface area (Å²) in [4.78, 5) is 14.1. The number of nitrogens with zero attached hydrogens (tertiary/aromatic N) is 1. The summed E-state index contributed by atoms with van der Waals surface area (Å²) in [7, 11) is 0. The van der Waals surface area contributed by atoms with Gasteiger partial charge in [-0.3, -0.25) is 9.69 Å². The molecule has 0 unspecified atom stereocenters. The smallest absolute Gasteiger partial charge is 0.234 e. The van der Waals surface area contributed by atoms with Crippen molar-refractivity contribution >= 4 is 30.7 Å². The second kappa shape index (κ2) is 10.9. The van der Waals surface area contributed by atoms with Gasteiger partial charge >= 0.3 is 0 Å². The molecule has 4 nitrogen and oxygen atoms in total. The van der Waals surface area contributed by atoms with Crippen molar-refractivity contribution in [3.63, 3.8) is 0 Å². The maximum absolute atomic E-state index is 11.9. The van der Waals surface area contributed by atoms with Crippen LogP contribution in [0.2, 0.25) is 0 Å². The molecule has 1 aromatic rings. The molecule has 0 atom stereocenters. The average molecular weight is 376 g/mol. The maximum atomic E-state index is 11.9. The molecule has 0 aliphatic carbocycles. The number of carbonyl (C=O) groups is 1. The minimum atomic E-state index is 0. The Hall–Kier alpha value is -0.810. The minimum Gasteiger partial charge on any atom is -0.355 e. The predicted molar refractivity (Wildman–Crippen MR) is 106 cm³/mol. The highest BCUT2D eigenvalue weighted by atomic mass is 35.5. The molecule has 1 heterocycles. The molecule has 1 aliphatic heterocycles. The van der Waals surface area contributed by atoms with Gasteiger partial charge in [-0.15, -0.1) is 24.8 Å². The van der Waals surface area contributed by atoms with Crippen molar-refractivity contribution in [2.75, 3.05) is 39.3 Å². The molecule has 24 heavy (non-hydrogen) atoms. The maximum Gasteiger partial charge on any atom is 0.234 e. The second-order valence-corrected chi connectivity index (χ2v) is 7.07. The fraction of sp³-hybridized carbons (Fsp3) is 0.611. The van der Waals surface area contributed by atoms with Crippen molar-refractivity contribution in [3.05, 3.63) is 35.4 Å². The van der Waals surface area contributed by atoms with Gasteiger partial charge in [-0.05, 0) is 23.0 Å². The van der Waals surface area contributed by atoms with E-state index in [4.69, 9.17) is 0 Å². The van der Waals surface area contributed by atoms with Crippen LogP contribution in [-0.2, 0) is 16.6 Å². The molecule has 0 bridgehead atoms. The molecule has 1 amide bonds. The van der Waals surface area contributed by atoms with Crippen molar-refractivity contribution in [1.29, 1.82) is 0 Å². The normalized spacial score (nSPS) is 15.1. The Bertz CT molecular complexity index is 480. The van der Waals surface area contributed by atoms with Gasteiger partial charge < -0.3 is 10.6 Å². The Morgan fingerprint density at radius 3 is 2.25 bits per heavy atom. The van der Waals surface area contributed by atoms with E-state index in [-0.39, 0.29) is 36.1 Å². The van der Waals surface area contributed by atoms with Gasteiger partial charge in [0.05, 0.1) is 6.54 Å². The standard InChI is InChI=1S/C18H29N3O.2ClH/c1-18(2,3)16-6-4-15(5-7-16)8-9-20-17(22)14-21-12-10-19-11-13-21;;/h4-7,19H,8-14H2,1-3H3,(H,20,22);2*1H. The minimum absolute atomic E-state index is 0. The first kappa shape index (κ1) is 23.2. The van der Waals surface area contributed by atoms with E-state index in [9.17, 15) is 4.79 Å². The summed E-state index contributed by atoms with van der Waals surface area (Å²) in [6.45, 7) is 11.8. The molecule has 1 fully saturated rings. The molecular formula is C18H31Cl2N3O. The van der Waals surface area contributed by atoms with Crippen LogP contribution < -0.4 is 10.6 Å². The SMILES string of the molecule is CC(C)(C)c1ccc(CCNC(=O)CN2CCNCC2)cc1.Cl.Cl. The summed E-state index contributed by atoms with van der Waals surface area (Å²) < 4.78 is 0. The molecule has 1 aliphatic rings. The Balaban J connectivity index is 0.00000264. The molecular weight excluding hydrogens is 345 g/mol. The molecule has 1 saturated heterocycles. The van der Waals surface area contributed by atoms with Crippen molar-refractivity contribution in [2.24, 2.45) is 0 Å². The van der Waals surface area contributed by atoms with E-state index < -0.39 is 0 Å². The first-order chi connectivity index (χ1) is 10.4. The zero-order valence-electron chi connectivity index (χ0n) is 14.9. The molecule has 1 aromatic carbocycles. The van der Waals surface area contributed by atoms with Gasteiger partial charge in [0.2, 0.25) is 5.91 Å². The number of carbonyl (C=O) groups excluding carboxylic acids is 1. The topological polar surface area (TPSA) is 44.4 Å². The summed E-state index contributed by atoms with van der Waals surface area (Å²) in [5, 5.41) is 6.32. The third kappa shape index (κ3) is 7.84. The Morgan fingerprint density at radius 2 is 1.71 bits per heavy atom. The Labute approximate surface area is 158 Å². The molecule has 0 saturated carbocycles. The van der Waals surface area contributed by atoms with Gasteiger partial charge in [-0.1, -0.05) is 45.0 Å². The highest BCUT2D eigenvalue weighted by molar-refractivity contribution is 5.85. The lowest BCUT2D eigenvalue weighted by atomic mass is 9.86. The number of amides is 1. The number of hydrogen-bond donors (Lipinski definition) is 2. The van der Waals surface area contributed by atoms with Crippen LogP contribution in [0.1, 0.15) is 31.9 Å². The van der Waals surface area contributed by atoms with E-state index >= 15 is 0 Å². The lowest BCUT2D eigenvalue weighted by Crippen LogP contribution is -2.47. The highest BCUT2D eigenvalue weighted by Gasteiger charge is 2.14. The zero-order chi connectivity index (χ0) is 16.0. The van der Waals surface area contributed by atoms with Crippen LogP contribution in [0.4, 0.5) is 0 Å². The van der Waals surface area contributed by atoms with Crippen molar-refractivity contribution in [2.45, 2.75) is 32.6 Å². The van der Waals surface area contributed by atoms with Gasteiger partial charge in [0.15, 0.2) is 0 Å². The molecule has 2 N–H and O–H groups in total. The van der Waals surface area contributed by atoms with Crippen LogP contribution in [0.3, 0.4) is 0 Å². The Morgan fingerprint density at radius 1 is 1.12 bits per heavy atom. The van der Waals surface area contributed by atoms with Crippen LogP contribution in [0.5, 0.6) is 0 Å². The largest absolute Gasteiger partial charge is 0.355 e. The fourth-order valence-electron chi connectivity index (χ4n) is 2.65. The van der Waals surface area contributed by atoms with Crippen molar-refractivity contribution < 1.29 is 4.79 Å². The van der Waals surface area contributed by atoms with Gasteiger partial charge in [-0.25, -0.2) is 0 Å². The van der Waals surface area contributed by atoms with Crippen LogP contribution in [-0.4, -0.2) is 50.1 Å². The summed E-state index contributed by atoms with van der Waals surface area (Å²) >= 11 is 0. The quantitative estimate of drug-likeness (QED) is 0.830. The molecule has 0 spiro atoms. The zero-order valence-corrected chi connectivity index (χ0v) is 16.6. The summed E-state index contributed by atoms with van der Waals surface area (Å²) in [5.41, 5.74) is 2.81. The van der Waals surface area contributed by atoms with Crippen molar-refractivity contribution in [3.8, 4) is 0 Å². The summed E-state index contributed by atoms with van der Waals surface area (Å²) in [5.74, 6) is 0.133. The molecule has 2 rings (SSSR count). The molecule has 0 radical (unpaired) electrons. The van der Waals surface area contributed by atoms with Gasteiger partial charge in [0.1, 0.15) is 0 Å². The van der Waals surface area contributed by atoms with Gasteiger partial charge in [0, 0.05) is 32.7 Å². The third-order valence-electron chi connectivity index (χ3n) is 4.13. The highest BCUT2D eigenvalue weighted by Crippen LogP contribution is 2.22. The number of benzene rings is 1. The van der Waals surface area contributed by atoms with Gasteiger partial charge in [0.25, 0.3) is 0 Å². The first-order valence-corrected chi connectivity index (χ1v) is 8.24. The Kier molecular flexibility index (Phi) is 10.6. The van der Waals surface area contributed by atoms with Crippen LogP contribution in [0.25, 0.3) is 0 Å². The lowest BCUT2D eigenvalue weighted by Gasteiger charge is -2.26. The number of piperazine rings is 1. The molecule has 6 heteroatoms. The fourth-order valence-corrected chi connectivity index (χ4v) is 2.65. The second-order valence-electron chi connectivity index (χ2n) is 7.07. The van der Waals surface area contributed by atoms with Crippen LogP contribution in [0, 0.1) is 0 Å². The monoisotopic (exact) mass is 375 g/mol. The van der Waals surface area contributed by atoms with E-state index in [0.717, 1.165) is 32.6 Å².